The van der Waals surface area contributed by atoms with Crippen molar-refractivity contribution in [3.05, 3.63) is 42.6 Å². The molecule has 1 aliphatic rings. The Balaban J connectivity index is 1.47. The lowest BCUT2D eigenvalue weighted by Gasteiger charge is -2.22. The van der Waals surface area contributed by atoms with E-state index in [1.54, 1.807) is 12.7 Å². The highest BCUT2D eigenvalue weighted by Gasteiger charge is 2.13. The van der Waals surface area contributed by atoms with Gasteiger partial charge in [-0.25, -0.2) is 0 Å². The zero-order valence-electron chi connectivity index (χ0n) is 13.3. The van der Waals surface area contributed by atoms with Gasteiger partial charge in [0.2, 0.25) is 0 Å². The summed E-state index contributed by atoms with van der Waals surface area (Å²) in [6, 6.07) is 6.47. The van der Waals surface area contributed by atoms with Crippen LogP contribution in [0.2, 0.25) is 0 Å². The molecule has 0 amide bonds. The number of nitrogens with zero attached hydrogens (tertiary/aromatic N) is 3. The van der Waals surface area contributed by atoms with E-state index >= 15 is 0 Å². The van der Waals surface area contributed by atoms with E-state index < -0.39 is 0 Å². The minimum atomic E-state index is 0.911. The Morgan fingerprint density at radius 3 is 2.78 bits per heavy atom. The molecule has 0 atom stereocenters. The van der Waals surface area contributed by atoms with E-state index in [0.717, 1.165) is 18.0 Å². The molecular weight excluding hydrogens is 286 g/mol. The van der Waals surface area contributed by atoms with Crippen molar-refractivity contribution in [1.29, 1.82) is 0 Å². The molecule has 1 aliphatic heterocycles. The lowest BCUT2D eigenvalue weighted by molar-refractivity contribution is 0.347. The first-order valence-corrected chi connectivity index (χ1v) is 8.56. The number of aromatic amines is 1. The number of piperidine rings is 1. The van der Waals surface area contributed by atoms with Crippen LogP contribution in [0.3, 0.4) is 0 Å². The van der Waals surface area contributed by atoms with E-state index in [-0.39, 0.29) is 0 Å². The Morgan fingerprint density at radius 2 is 1.96 bits per heavy atom. The molecule has 1 fully saturated rings. The molecule has 3 aromatic rings. The van der Waals surface area contributed by atoms with Gasteiger partial charge in [0, 0.05) is 22.8 Å². The number of nitrogens with one attached hydrogen (secondary N) is 2. The van der Waals surface area contributed by atoms with Crippen molar-refractivity contribution in [1.82, 2.24) is 25.1 Å². The summed E-state index contributed by atoms with van der Waals surface area (Å²) < 4.78 is 1.95. The molecule has 0 spiro atoms. The van der Waals surface area contributed by atoms with Crippen molar-refractivity contribution in [3.63, 3.8) is 0 Å². The SMILES string of the molecule is c1cc2[nH]cc(CCCC3CCNCC3)c2cc1-n1cnnc1. The van der Waals surface area contributed by atoms with Gasteiger partial charge in [-0.1, -0.05) is 6.42 Å². The average Bonchev–Trinajstić information content (AvgIpc) is 3.25. The summed E-state index contributed by atoms with van der Waals surface area (Å²) in [6.45, 7) is 2.39. The maximum absolute atomic E-state index is 3.89. The van der Waals surface area contributed by atoms with Crippen molar-refractivity contribution in [2.45, 2.75) is 32.1 Å². The van der Waals surface area contributed by atoms with Gasteiger partial charge in [0.25, 0.3) is 0 Å². The number of hydrogen-bond donors (Lipinski definition) is 2. The molecular formula is C18H23N5. The Hall–Kier alpha value is -2.14. The number of rotatable bonds is 5. The highest BCUT2D eigenvalue weighted by molar-refractivity contribution is 5.85. The number of fused-ring (bicyclic) bond motifs is 1. The van der Waals surface area contributed by atoms with Crippen molar-refractivity contribution < 1.29 is 0 Å². The molecule has 0 aliphatic carbocycles. The first-order valence-electron chi connectivity index (χ1n) is 8.56. The maximum Gasteiger partial charge on any atom is 0.123 e. The van der Waals surface area contributed by atoms with Crippen LogP contribution in [-0.2, 0) is 6.42 Å². The van der Waals surface area contributed by atoms with Gasteiger partial charge in [-0.05, 0) is 68.5 Å². The molecule has 4 rings (SSSR count). The lowest BCUT2D eigenvalue weighted by Crippen LogP contribution is -2.27. The number of H-pyrrole nitrogens is 1. The van der Waals surface area contributed by atoms with Crippen LogP contribution in [0.1, 0.15) is 31.2 Å². The van der Waals surface area contributed by atoms with Crippen LogP contribution in [0.5, 0.6) is 0 Å². The number of aryl methyl sites for hydroxylation is 1. The topological polar surface area (TPSA) is 58.5 Å². The van der Waals surface area contributed by atoms with E-state index in [1.165, 1.54) is 55.2 Å². The van der Waals surface area contributed by atoms with E-state index in [0.29, 0.717) is 0 Å². The molecule has 3 heterocycles. The Labute approximate surface area is 136 Å². The van der Waals surface area contributed by atoms with Crippen LogP contribution in [0.15, 0.2) is 37.1 Å². The molecule has 1 aromatic carbocycles. The number of benzene rings is 1. The van der Waals surface area contributed by atoms with Gasteiger partial charge in [0.15, 0.2) is 0 Å². The van der Waals surface area contributed by atoms with Gasteiger partial charge in [0.05, 0.1) is 0 Å². The Kier molecular flexibility index (Phi) is 4.11. The van der Waals surface area contributed by atoms with Gasteiger partial charge in [-0.3, -0.25) is 4.57 Å². The summed E-state index contributed by atoms with van der Waals surface area (Å²) in [4.78, 5) is 3.40. The van der Waals surface area contributed by atoms with Gasteiger partial charge in [0.1, 0.15) is 12.7 Å². The molecule has 2 aromatic heterocycles. The summed E-state index contributed by atoms with van der Waals surface area (Å²) in [5.74, 6) is 0.911. The van der Waals surface area contributed by atoms with Gasteiger partial charge in [-0.2, -0.15) is 0 Å². The fourth-order valence-electron chi connectivity index (χ4n) is 3.62. The van der Waals surface area contributed by atoms with Crippen LogP contribution in [0.4, 0.5) is 0 Å². The van der Waals surface area contributed by atoms with E-state index in [2.05, 4.69) is 44.9 Å². The minimum Gasteiger partial charge on any atom is -0.361 e. The molecule has 23 heavy (non-hydrogen) atoms. The molecule has 0 bridgehead atoms. The summed E-state index contributed by atoms with van der Waals surface area (Å²) >= 11 is 0. The van der Waals surface area contributed by atoms with Crippen molar-refractivity contribution in [2.75, 3.05) is 13.1 Å². The summed E-state index contributed by atoms with van der Waals surface area (Å²) in [6.07, 6.45) is 12.1. The van der Waals surface area contributed by atoms with Gasteiger partial charge < -0.3 is 10.3 Å². The van der Waals surface area contributed by atoms with Gasteiger partial charge in [-0.15, -0.1) is 10.2 Å². The Bertz CT molecular complexity index is 753. The third-order valence-electron chi connectivity index (χ3n) is 4.99. The highest BCUT2D eigenvalue weighted by Crippen LogP contribution is 2.25. The molecule has 1 saturated heterocycles. The fourth-order valence-corrected chi connectivity index (χ4v) is 3.62. The Morgan fingerprint density at radius 1 is 1.13 bits per heavy atom. The predicted octanol–water partition coefficient (Wildman–Crippen LogP) is 3.07. The van der Waals surface area contributed by atoms with Crippen LogP contribution in [0.25, 0.3) is 16.6 Å². The largest absolute Gasteiger partial charge is 0.361 e. The number of hydrogen-bond acceptors (Lipinski definition) is 3. The van der Waals surface area contributed by atoms with Crippen LogP contribution >= 0.6 is 0 Å². The van der Waals surface area contributed by atoms with Crippen LogP contribution in [-0.4, -0.2) is 32.8 Å². The second kappa shape index (κ2) is 6.54. The molecule has 0 unspecified atom stereocenters. The van der Waals surface area contributed by atoms with E-state index in [1.807, 2.05) is 4.57 Å². The van der Waals surface area contributed by atoms with E-state index in [9.17, 15) is 0 Å². The maximum atomic E-state index is 3.89. The molecule has 5 heteroatoms. The third-order valence-corrected chi connectivity index (χ3v) is 4.99. The van der Waals surface area contributed by atoms with Crippen molar-refractivity contribution in [2.24, 2.45) is 5.92 Å². The quantitative estimate of drug-likeness (QED) is 0.761. The van der Waals surface area contributed by atoms with Gasteiger partial charge >= 0.3 is 0 Å². The number of aromatic nitrogens is 4. The smallest absolute Gasteiger partial charge is 0.123 e. The average molecular weight is 309 g/mol. The third kappa shape index (κ3) is 3.15. The predicted molar refractivity (Wildman–Crippen MR) is 91.7 cm³/mol. The minimum absolute atomic E-state index is 0.911. The summed E-state index contributed by atoms with van der Waals surface area (Å²) in [7, 11) is 0. The lowest BCUT2D eigenvalue weighted by atomic mass is 9.91. The van der Waals surface area contributed by atoms with E-state index in [4.69, 9.17) is 0 Å². The first kappa shape index (κ1) is 14.5. The summed E-state index contributed by atoms with van der Waals surface area (Å²) in [5, 5.41) is 12.5. The molecule has 120 valence electrons. The second-order valence-electron chi connectivity index (χ2n) is 6.50. The van der Waals surface area contributed by atoms with Crippen LogP contribution in [0, 0.1) is 5.92 Å². The zero-order chi connectivity index (χ0) is 15.5. The first-order chi connectivity index (χ1) is 11.4. The fraction of sp³-hybridized carbons (Fsp3) is 0.444. The zero-order valence-corrected chi connectivity index (χ0v) is 13.3. The monoisotopic (exact) mass is 309 g/mol. The molecule has 0 radical (unpaired) electrons. The standard InChI is InChI=1S/C18H23N5/c1(2-14-6-8-19-9-7-14)3-15-11-20-18-5-4-16(10-17(15)18)23-12-21-22-13-23/h4-5,10-14,19-20H,1-3,6-9H2. The van der Waals surface area contributed by atoms with Crippen LogP contribution < -0.4 is 5.32 Å². The van der Waals surface area contributed by atoms with Crippen molar-refractivity contribution >= 4 is 10.9 Å². The highest BCUT2D eigenvalue weighted by atomic mass is 15.2. The molecule has 2 N–H and O–H groups in total. The molecule has 0 saturated carbocycles. The van der Waals surface area contributed by atoms with Crippen molar-refractivity contribution in [3.8, 4) is 5.69 Å². The second-order valence-corrected chi connectivity index (χ2v) is 6.50. The normalized spacial score (nSPS) is 16.2. The molecule has 5 nitrogen and oxygen atoms in total. The summed E-state index contributed by atoms with van der Waals surface area (Å²) in [5.41, 5.74) is 3.74.